The number of nitrogens with one attached hydrogen (secondary N) is 1. The van der Waals surface area contributed by atoms with Crippen LogP contribution in [0.1, 0.15) is 44.1 Å². The van der Waals surface area contributed by atoms with Crippen molar-refractivity contribution in [3.05, 3.63) is 23.8 Å². The Balaban J connectivity index is 2.13. The summed E-state index contributed by atoms with van der Waals surface area (Å²) in [6, 6.07) is 5.86. The van der Waals surface area contributed by atoms with E-state index in [4.69, 9.17) is 9.47 Å². The van der Waals surface area contributed by atoms with Crippen molar-refractivity contribution in [1.82, 2.24) is 5.32 Å². The number of hydrogen-bond donors (Lipinski definition) is 1. The Labute approximate surface area is 142 Å². The second kappa shape index (κ2) is 8.04. The first-order valence-electron chi connectivity index (χ1n) is 8.20. The summed E-state index contributed by atoms with van der Waals surface area (Å²) in [6.07, 6.45) is 3.85. The maximum atomic E-state index is 11.9. The van der Waals surface area contributed by atoms with Crippen molar-refractivity contribution < 1.29 is 24.2 Å². The molecule has 0 heterocycles. The fraction of sp³-hybridized carbons (Fsp3) is 0.556. The molecule has 1 aliphatic carbocycles. The average molecular weight is 334 g/mol. The highest BCUT2D eigenvalue weighted by Gasteiger charge is 2.36. The summed E-state index contributed by atoms with van der Waals surface area (Å²) in [6.45, 7) is 0.494. The third kappa shape index (κ3) is 4.19. The van der Waals surface area contributed by atoms with Gasteiger partial charge in [-0.25, -0.2) is 0 Å². The van der Waals surface area contributed by atoms with Gasteiger partial charge in [0.2, 0.25) is 5.91 Å². The third-order valence-electron chi connectivity index (χ3n) is 4.74. The number of benzene rings is 1. The van der Waals surface area contributed by atoms with E-state index in [0.29, 0.717) is 18.0 Å². The zero-order valence-electron chi connectivity index (χ0n) is 14.2. The van der Waals surface area contributed by atoms with Crippen LogP contribution in [0.4, 0.5) is 0 Å². The second-order valence-electron chi connectivity index (χ2n) is 6.21. The number of ether oxygens (including phenoxy) is 2. The summed E-state index contributed by atoms with van der Waals surface area (Å²) >= 11 is 0. The van der Waals surface area contributed by atoms with Crippen LogP contribution >= 0.6 is 0 Å². The predicted octanol–water partition coefficient (Wildman–Crippen LogP) is 1.16. The van der Waals surface area contributed by atoms with E-state index in [9.17, 15) is 14.7 Å². The number of carbonyl (C=O) groups is 2. The highest BCUT2D eigenvalue weighted by molar-refractivity contribution is 5.80. The molecule has 1 fully saturated rings. The van der Waals surface area contributed by atoms with Crippen LogP contribution in [0.3, 0.4) is 0 Å². The topological polar surface area (TPSA) is 87.7 Å². The van der Waals surface area contributed by atoms with Gasteiger partial charge in [-0.3, -0.25) is 4.79 Å². The Morgan fingerprint density at radius 3 is 2.38 bits per heavy atom. The summed E-state index contributed by atoms with van der Waals surface area (Å²) in [5.41, 5.74) is 0.967. The van der Waals surface area contributed by atoms with Gasteiger partial charge in [-0.1, -0.05) is 18.9 Å². The number of hydrogen-bond acceptors (Lipinski definition) is 5. The minimum atomic E-state index is -1.21. The van der Waals surface area contributed by atoms with Gasteiger partial charge in [0.15, 0.2) is 11.5 Å². The van der Waals surface area contributed by atoms with Crippen molar-refractivity contribution >= 4 is 11.9 Å². The number of amides is 1. The molecule has 0 radical (unpaired) electrons. The first kappa shape index (κ1) is 18.1. The van der Waals surface area contributed by atoms with Crippen molar-refractivity contribution in [1.29, 1.82) is 0 Å². The van der Waals surface area contributed by atoms with E-state index in [2.05, 4.69) is 5.32 Å². The van der Waals surface area contributed by atoms with E-state index in [0.717, 1.165) is 31.2 Å². The van der Waals surface area contributed by atoms with Crippen LogP contribution in [0.15, 0.2) is 18.2 Å². The number of carboxylic acids is 1. The molecule has 0 unspecified atom stereocenters. The van der Waals surface area contributed by atoms with Gasteiger partial charge in [0.1, 0.15) is 0 Å². The highest BCUT2D eigenvalue weighted by atomic mass is 16.5. The number of aliphatic carboxylic acids is 1. The second-order valence-corrected chi connectivity index (χ2v) is 6.21. The van der Waals surface area contributed by atoms with Crippen LogP contribution in [0.25, 0.3) is 0 Å². The first-order valence-corrected chi connectivity index (χ1v) is 8.20. The lowest BCUT2D eigenvalue weighted by Gasteiger charge is -2.30. The molecule has 2 rings (SSSR count). The molecule has 0 aliphatic heterocycles. The van der Waals surface area contributed by atoms with E-state index < -0.39 is 5.97 Å². The summed E-state index contributed by atoms with van der Waals surface area (Å²) in [5.74, 6) is -0.122. The van der Waals surface area contributed by atoms with Gasteiger partial charge < -0.3 is 24.7 Å². The predicted molar refractivity (Wildman–Crippen MR) is 86.9 cm³/mol. The quantitative estimate of drug-likeness (QED) is 0.771. The molecule has 1 aliphatic rings. The number of carboxylic acid groups (broad SMARTS) is 1. The Bertz CT molecular complexity index is 593. The van der Waals surface area contributed by atoms with Crippen molar-refractivity contribution in [3.8, 4) is 11.5 Å². The largest absolute Gasteiger partial charge is 0.550 e. The molecule has 0 saturated heterocycles. The van der Waals surface area contributed by atoms with Gasteiger partial charge in [0.05, 0.1) is 14.2 Å². The van der Waals surface area contributed by atoms with Crippen molar-refractivity contribution in [3.63, 3.8) is 0 Å². The van der Waals surface area contributed by atoms with E-state index >= 15 is 0 Å². The number of carbonyl (C=O) groups excluding carboxylic acids is 2. The van der Waals surface area contributed by atoms with Gasteiger partial charge in [0.25, 0.3) is 0 Å². The third-order valence-corrected chi connectivity index (χ3v) is 4.74. The van der Waals surface area contributed by atoms with Crippen LogP contribution in [-0.2, 0) is 15.0 Å². The van der Waals surface area contributed by atoms with Gasteiger partial charge >= 0.3 is 0 Å². The Morgan fingerprint density at radius 2 is 1.79 bits per heavy atom. The van der Waals surface area contributed by atoms with E-state index in [1.807, 2.05) is 18.2 Å². The molecule has 6 heteroatoms. The standard InChI is InChI=1S/C18H25NO5/c1-23-14-6-5-13(11-15(14)24-2)18(9-3-4-10-18)12-19-16(20)7-8-17(21)22/h5-6,11H,3-4,7-10,12H2,1-2H3,(H,19,20)(H,21,22)/p-1. The monoisotopic (exact) mass is 334 g/mol. The van der Waals surface area contributed by atoms with E-state index in [1.54, 1.807) is 14.2 Å². The molecule has 0 spiro atoms. The normalized spacial score (nSPS) is 15.8. The molecule has 1 aromatic carbocycles. The molecule has 0 aromatic heterocycles. The zero-order valence-corrected chi connectivity index (χ0v) is 14.2. The number of methoxy groups -OCH3 is 2. The molecule has 0 atom stereocenters. The lowest BCUT2D eigenvalue weighted by molar-refractivity contribution is -0.305. The minimum Gasteiger partial charge on any atom is -0.550 e. The minimum absolute atomic E-state index is 0.0512. The molecule has 132 valence electrons. The van der Waals surface area contributed by atoms with Crippen LogP contribution in [0.5, 0.6) is 11.5 Å². The molecule has 1 saturated carbocycles. The molecule has 6 nitrogen and oxygen atoms in total. The molecule has 1 N–H and O–H groups in total. The molecule has 24 heavy (non-hydrogen) atoms. The summed E-state index contributed by atoms with van der Waals surface area (Å²) in [4.78, 5) is 22.3. The molecule has 1 aromatic rings. The van der Waals surface area contributed by atoms with Crippen LogP contribution in [0, 0.1) is 0 Å². The first-order chi connectivity index (χ1) is 11.5. The molecule has 1 amide bonds. The fourth-order valence-corrected chi connectivity index (χ4v) is 3.36. The lowest BCUT2D eigenvalue weighted by Crippen LogP contribution is -2.39. The smallest absolute Gasteiger partial charge is 0.220 e. The zero-order chi connectivity index (χ0) is 17.6. The van der Waals surface area contributed by atoms with Crippen LogP contribution in [-0.4, -0.2) is 32.6 Å². The molecular formula is C18H24NO5-. The van der Waals surface area contributed by atoms with Crippen LogP contribution < -0.4 is 19.9 Å². The van der Waals surface area contributed by atoms with Crippen molar-refractivity contribution in [2.75, 3.05) is 20.8 Å². The summed E-state index contributed by atoms with van der Waals surface area (Å²) < 4.78 is 10.7. The Morgan fingerprint density at radius 1 is 1.12 bits per heavy atom. The summed E-state index contributed by atoms with van der Waals surface area (Å²) in [5, 5.41) is 13.3. The Kier molecular flexibility index (Phi) is 6.06. The van der Waals surface area contributed by atoms with Crippen LogP contribution in [0.2, 0.25) is 0 Å². The summed E-state index contributed by atoms with van der Waals surface area (Å²) in [7, 11) is 3.20. The molecule has 0 bridgehead atoms. The SMILES string of the molecule is COc1ccc(C2(CNC(=O)CCC(=O)[O-])CCCC2)cc1OC. The number of rotatable bonds is 8. The highest BCUT2D eigenvalue weighted by Crippen LogP contribution is 2.43. The Hall–Kier alpha value is -2.24. The van der Waals surface area contributed by atoms with Gasteiger partial charge in [0, 0.05) is 24.3 Å². The molecular weight excluding hydrogens is 310 g/mol. The van der Waals surface area contributed by atoms with E-state index in [-0.39, 0.29) is 24.2 Å². The average Bonchev–Trinajstić information content (AvgIpc) is 3.07. The fourth-order valence-electron chi connectivity index (χ4n) is 3.36. The van der Waals surface area contributed by atoms with Crippen molar-refractivity contribution in [2.45, 2.75) is 43.9 Å². The van der Waals surface area contributed by atoms with Gasteiger partial charge in [-0.2, -0.15) is 0 Å². The van der Waals surface area contributed by atoms with Gasteiger partial charge in [-0.05, 0) is 37.0 Å². The maximum Gasteiger partial charge on any atom is 0.220 e. The van der Waals surface area contributed by atoms with E-state index in [1.165, 1.54) is 0 Å². The van der Waals surface area contributed by atoms with Gasteiger partial charge in [-0.15, -0.1) is 0 Å². The van der Waals surface area contributed by atoms with Crippen molar-refractivity contribution in [2.24, 2.45) is 0 Å². The maximum absolute atomic E-state index is 11.9. The lowest BCUT2D eigenvalue weighted by atomic mass is 9.78.